The Morgan fingerprint density at radius 1 is 1.35 bits per heavy atom. The summed E-state index contributed by atoms with van der Waals surface area (Å²) in [6, 6.07) is 0. The first-order chi connectivity index (χ1) is 8.11. The first-order valence-electron chi connectivity index (χ1n) is 6.74. The average molecular weight is 255 g/mol. The lowest BCUT2D eigenvalue weighted by atomic mass is 9.94. The first kappa shape index (κ1) is 13.1. The van der Waals surface area contributed by atoms with E-state index in [9.17, 15) is 0 Å². The molecule has 1 saturated heterocycles. The summed E-state index contributed by atoms with van der Waals surface area (Å²) in [5, 5.41) is 0. The van der Waals surface area contributed by atoms with Gasteiger partial charge < -0.3 is 10.6 Å². The second-order valence-electron chi connectivity index (χ2n) is 5.87. The minimum absolute atomic E-state index is 0.503. The van der Waals surface area contributed by atoms with Crippen molar-refractivity contribution in [3.63, 3.8) is 0 Å². The lowest BCUT2D eigenvalue weighted by molar-refractivity contribution is 0.393. The molecule has 0 radical (unpaired) electrons. The molecule has 2 N–H and O–H groups in total. The summed E-state index contributed by atoms with van der Waals surface area (Å²) < 4.78 is 0. The molecule has 2 aliphatic rings. The zero-order valence-electron chi connectivity index (χ0n) is 11.1. The van der Waals surface area contributed by atoms with Gasteiger partial charge >= 0.3 is 0 Å². The van der Waals surface area contributed by atoms with Crippen molar-refractivity contribution >= 4 is 17.7 Å². The summed E-state index contributed by atoms with van der Waals surface area (Å²) in [4.78, 5) is 6.88. The lowest BCUT2D eigenvalue weighted by Gasteiger charge is -2.27. The zero-order valence-corrected chi connectivity index (χ0v) is 11.9. The predicted octanol–water partition coefficient (Wildman–Crippen LogP) is 2.18. The maximum Gasteiger partial charge on any atom is 0.191 e. The molecule has 2 rings (SSSR count). The second kappa shape index (κ2) is 5.51. The lowest BCUT2D eigenvalue weighted by Crippen LogP contribution is -2.43. The van der Waals surface area contributed by atoms with Crippen molar-refractivity contribution in [3.8, 4) is 0 Å². The fraction of sp³-hybridized carbons (Fsp3) is 0.923. The summed E-state index contributed by atoms with van der Waals surface area (Å²) in [5.74, 6) is 3.93. The normalized spacial score (nSPS) is 24.2. The molecule has 1 aliphatic heterocycles. The Morgan fingerprint density at radius 3 is 2.53 bits per heavy atom. The van der Waals surface area contributed by atoms with E-state index in [1.807, 2.05) is 11.8 Å². The molecule has 0 unspecified atom stereocenters. The number of guanidine groups is 1. The van der Waals surface area contributed by atoms with E-state index in [4.69, 9.17) is 5.73 Å². The first-order valence-corrected chi connectivity index (χ1v) is 7.89. The van der Waals surface area contributed by atoms with Crippen LogP contribution >= 0.6 is 11.8 Å². The third-order valence-electron chi connectivity index (χ3n) is 3.71. The van der Waals surface area contributed by atoms with Crippen LogP contribution in [0.3, 0.4) is 0 Å². The summed E-state index contributed by atoms with van der Waals surface area (Å²) in [5.41, 5.74) is 6.58. The van der Waals surface area contributed by atoms with Crippen LogP contribution in [0.25, 0.3) is 0 Å². The molecule has 0 aromatic rings. The number of nitrogens with two attached hydrogens (primary N) is 1. The quantitative estimate of drug-likeness (QED) is 0.618. The van der Waals surface area contributed by atoms with Crippen LogP contribution in [0.1, 0.15) is 33.1 Å². The summed E-state index contributed by atoms with van der Waals surface area (Å²) in [6.45, 7) is 7.68. The van der Waals surface area contributed by atoms with Crippen LogP contribution in [0.15, 0.2) is 4.99 Å². The molecule has 0 amide bonds. The molecular weight excluding hydrogens is 230 g/mol. The van der Waals surface area contributed by atoms with Gasteiger partial charge in [0.1, 0.15) is 0 Å². The fourth-order valence-electron chi connectivity index (χ4n) is 2.61. The van der Waals surface area contributed by atoms with Gasteiger partial charge in [0.2, 0.25) is 0 Å². The molecule has 17 heavy (non-hydrogen) atoms. The minimum Gasteiger partial charge on any atom is -0.370 e. The molecule has 1 aliphatic carbocycles. The number of nitrogens with zero attached hydrogens (tertiary/aromatic N) is 2. The van der Waals surface area contributed by atoms with Crippen LogP contribution in [-0.2, 0) is 0 Å². The third-order valence-corrected chi connectivity index (χ3v) is 4.65. The highest BCUT2D eigenvalue weighted by molar-refractivity contribution is 7.99. The van der Waals surface area contributed by atoms with Gasteiger partial charge in [0.15, 0.2) is 5.96 Å². The van der Waals surface area contributed by atoms with E-state index in [1.165, 1.54) is 30.8 Å². The summed E-state index contributed by atoms with van der Waals surface area (Å²) in [6.07, 6.45) is 4.00. The highest BCUT2D eigenvalue weighted by Gasteiger charge is 2.42. The number of hydrogen-bond donors (Lipinski definition) is 1. The Bertz CT molecular complexity index is 278. The maximum absolute atomic E-state index is 6.08. The molecule has 0 atom stereocenters. The van der Waals surface area contributed by atoms with Crippen LogP contribution in [-0.4, -0.2) is 42.0 Å². The summed E-state index contributed by atoms with van der Waals surface area (Å²) >= 11 is 2.01. The van der Waals surface area contributed by atoms with Crippen molar-refractivity contribution in [1.82, 2.24) is 4.90 Å². The van der Waals surface area contributed by atoms with Crippen LogP contribution in [0.4, 0.5) is 0 Å². The van der Waals surface area contributed by atoms with Crippen molar-refractivity contribution in [2.75, 3.05) is 31.1 Å². The van der Waals surface area contributed by atoms with E-state index in [-0.39, 0.29) is 0 Å². The number of aliphatic imine (C=N–C) groups is 1. The van der Waals surface area contributed by atoms with Crippen LogP contribution < -0.4 is 5.73 Å². The van der Waals surface area contributed by atoms with Gasteiger partial charge in [-0.15, -0.1) is 0 Å². The largest absolute Gasteiger partial charge is 0.370 e. The minimum atomic E-state index is 0.503. The van der Waals surface area contributed by atoms with E-state index in [0.717, 1.165) is 31.5 Å². The molecule has 4 heteroatoms. The molecule has 1 heterocycles. The number of hydrogen-bond acceptors (Lipinski definition) is 2. The van der Waals surface area contributed by atoms with E-state index < -0.39 is 0 Å². The molecule has 1 saturated carbocycles. The van der Waals surface area contributed by atoms with Crippen molar-refractivity contribution in [3.05, 3.63) is 0 Å². The Balaban J connectivity index is 1.82. The van der Waals surface area contributed by atoms with Crippen LogP contribution in [0.2, 0.25) is 0 Å². The maximum atomic E-state index is 6.08. The van der Waals surface area contributed by atoms with Gasteiger partial charge in [0.25, 0.3) is 0 Å². The van der Waals surface area contributed by atoms with Gasteiger partial charge in [-0.05, 0) is 30.6 Å². The third kappa shape index (κ3) is 3.80. The van der Waals surface area contributed by atoms with Crippen molar-refractivity contribution in [2.24, 2.45) is 22.1 Å². The smallest absolute Gasteiger partial charge is 0.191 e. The molecule has 0 bridgehead atoms. The molecule has 3 nitrogen and oxygen atoms in total. The predicted molar refractivity (Wildman–Crippen MR) is 76.5 cm³/mol. The van der Waals surface area contributed by atoms with Crippen molar-refractivity contribution in [1.29, 1.82) is 0 Å². The Morgan fingerprint density at radius 2 is 2.00 bits per heavy atom. The highest BCUT2D eigenvalue weighted by Crippen LogP contribution is 2.50. The van der Waals surface area contributed by atoms with Gasteiger partial charge in [0, 0.05) is 31.1 Å². The van der Waals surface area contributed by atoms with Gasteiger partial charge in [-0.3, -0.25) is 4.99 Å². The van der Waals surface area contributed by atoms with Gasteiger partial charge in [-0.1, -0.05) is 13.8 Å². The molecular formula is C13H25N3S. The van der Waals surface area contributed by atoms with Gasteiger partial charge in [-0.25, -0.2) is 0 Å². The van der Waals surface area contributed by atoms with Crippen molar-refractivity contribution in [2.45, 2.75) is 33.1 Å². The second-order valence-corrected chi connectivity index (χ2v) is 7.10. The molecule has 0 spiro atoms. The molecule has 0 aromatic carbocycles. The molecule has 98 valence electrons. The Labute approximate surface area is 109 Å². The number of rotatable bonds is 4. The SMILES string of the molecule is CC(C)CC1(CN=C(N)N2CCSCC2)CC1. The van der Waals surface area contributed by atoms with E-state index in [2.05, 4.69) is 23.7 Å². The summed E-state index contributed by atoms with van der Waals surface area (Å²) in [7, 11) is 0. The van der Waals surface area contributed by atoms with E-state index in [0.29, 0.717) is 5.41 Å². The molecule has 0 aromatic heterocycles. The Hall–Kier alpha value is -0.380. The average Bonchev–Trinajstić information content (AvgIpc) is 3.06. The van der Waals surface area contributed by atoms with E-state index >= 15 is 0 Å². The van der Waals surface area contributed by atoms with Gasteiger partial charge in [0.05, 0.1) is 0 Å². The molecule has 2 fully saturated rings. The zero-order chi connectivity index (χ0) is 12.3. The fourth-order valence-corrected chi connectivity index (χ4v) is 3.51. The number of thioether (sulfide) groups is 1. The Kier molecular flexibility index (Phi) is 4.23. The van der Waals surface area contributed by atoms with Gasteiger partial charge in [-0.2, -0.15) is 11.8 Å². The topological polar surface area (TPSA) is 41.6 Å². The standard InChI is InChI=1S/C13H25N3S/c1-11(2)9-13(3-4-13)10-15-12(14)16-5-7-17-8-6-16/h11H,3-10H2,1-2H3,(H2,14,15). The highest BCUT2D eigenvalue weighted by atomic mass is 32.2. The van der Waals surface area contributed by atoms with Crippen LogP contribution in [0, 0.1) is 11.3 Å². The monoisotopic (exact) mass is 255 g/mol. The van der Waals surface area contributed by atoms with Crippen molar-refractivity contribution < 1.29 is 0 Å². The van der Waals surface area contributed by atoms with E-state index in [1.54, 1.807) is 0 Å². The van der Waals surface area contributed by atoms with Crippen LogP contribution in [0.5, 0.6) is 0 Å².